The zero-order valence-corrected chi connectivity index (χ0v) is 11.2. The van der Waals surface area contributed by atoms with Gasteiger partial charge in [-0.2, -0.15) is 4.39 Å². The van der Waals surface area contributed by atoms with Crippen molar-refractivity contribution in [3.63, 3.8) is 0 Å². The number of nitrogens with zero attached hydrogens (tertiary/aromatic N) is 1. The van der Waals surface area contributed by atoms with E-state index in [2.05, 4.69) is 0 Å². The van der Waals surface area contributed by atoms with E-state index in [9.17, 15) is 19.3 Å². The van der Waals surface area contributed by atoms with E-state index in [1.165, 1.54) is 6.07 Å². The van der Waals surface area contributed by atoms with Gasteiger partial charge in [-0.05, 0) is 19.1 Å². The van der Waals surface area contributed by atoms with Crippen LogP contribution >= 0.6 is 0 Å². The Labute approximate surface area is 120 Å². The van der Waals surface area contributed by atoms with Crippen LogP contribution in [0, 0.1) is 22.9 Å². The lowest BCUT2D eigenvalue weighted by Gasteiger charge is -2.06. The van der Waals surface area contributed by atoms with Crippen molar-refractivity contribution in [2.45, 2.75) is 6.92 Å². The minimum absolute atomic E-state index is 0.0686. The Kier molecular flexibility index (Phi) is 4.27. The predicted molar refractivity (Wildman–Crippen MR) is 74.1 cm³/mol. The Morgan fingerprint density at radius 2 is 2.05 bits per heavy atom. The molecule has 0 atom stereocenters. The largest absolute Gasteiger partial charge is 0.485 e. The van der Waals surface area contributed by atoms with E-state index in [1.807, 2.05) is 13.0 Å². The maximum atomic E-state index is 13.4. The number of benzene rings is 2. The van der Waals surface area contributed by atoms with Crippen molar-refractivity contribution >= 4 is 11.5 Å². The molecular weight excluding hydrogens is 277 g/mol. The average molecular weight is 289 g/mol. The summed E-state index contributed by atoms with van der Waals surface area (Å²) in [6, 6.07) is 10.2. The number of ketones is 1. The summed E-state index contributed by atoms with van der Waals surface area (Å²) in [4.78, 5) is 21.6. The first-order chi connectivity index (χ1) is 9.97. The van der Waals surface area contributed by atoms with Crippen LogP contribution in [0.2, 0.25) is 0 Å². The van der Waals surface area contributed by atoms with Crippen LogP contribution in [0.3, 0.4) is 0 Å². The molecular formula is C15H12FNO4. The van der Waals surface area contributed by atoms with Crippen LogP contribution in [0.15, 0.2) is 42.5 Å². The highest BCUT2D eigenvalue weighted by Gasteiger charge is 2.15. The lowest BCUT2D eigenvalue weighted by Crippen LogP contribution is -2.11. The van der Waals surface area contributed by atoms with Gasteiger partial charge in [0.1, 0.15) is 5.75 Å². The van der Waals surface area contributed by atoms with Crippen molar-refractivity contribution in [3.8, 4) is 5.75 Å². The molecule has 0 bridgehead atoms. The SMILES string of the molecule is Cc1cccc(C(=O)COc2ccc([N+](=O)[O-])c(F)c2)c1. The van der Waals surface area contributed by atoms with Gasteiger partial charge in [0, 0.05) is 17.7 Å². The molecule has 108 valence electrons. The fourth-order valence-electron chi connectivity index (χ4n) is 1.78. The molecule has 2 rings (SSSR count). The van der Waals surface area contributed by atoms with Gasteiger partial charge in [-0.25, -0.2) is 0 Å². The monoisotopic (exact) mass is 289 g/mol. The molecule has 0 saturated carbocycles. The molecule has 0 aliphatic rings. The molecule has 6 heteroatoms. The van der Waals surface area contributed by atoms with E-state index >= 15 is 0 Å². The van der Waals surface area contributed by atoms with Crippen molar-refractivity contribution in [3.05, 3.63) is 69.5 Å². The number of hydrogen-bond donors (Lipinski definition) is 0. The molecule has 0 spiro atoms. The highest BCUT2D eigenvalue weighted by Crippen LogP contribution is 2.22. The molecule has 0 fully saturated rings. The maximum absolute atomic E-state index is 13.4. The van der Waals surface area contributed by atoms with Crippen LogP contribution in [0.4, 0.5) is 10.1 Å². The molecule has 0 unspecified atom stereocenters. The summed E-state index contributed by atoms with van der Waals surface area (Å²) < 4.78 is 18.6. The van der Waals surface area contributed by atoms with Gasteiger partial charge in [-0.15, -0.1) is 0 Å². The number of Topliss-reactive ketones (excluding diaryl/α,β-unsaturated/α-hetero) is 1. The van der Waals surface area contributed by atoms with Gasteiger partial charge in [0.2, 0.25) is 5.82 Å². The van der Waals surface area contributed by atoms with Crippen LogP contribution in [-0.4, -0.2) is 17.3 Å². The third-order valence-electron chi connectivity index (χ3n) is 2.83. The lowest BCUT2D eigenvalue weighted by atomic mass is 10.1. The number of hydrogen-bond acceptors (Lipinski definition) is 4. The smallest absolute Gasteiger partial charge is 0.305 e. The molecule has 0 aromatic heterocycles. The Morgan fingerprint density at radius 3 is 2.67 bits per heavy atom. The quantitative estimate of drug-likeness (QED) is 0.481. The first-order valence-corrected chi connectivity index (χ1v) is 6.14. The lowest BCUT2D eigenvalue weighted by molar-refractivity contribution is -0.387. The highest BCUT2D eigenvalue weighted by atomic mass is 19.1. The van der Waals surface area contributed by atoms with Crippen LogP contribution in [0.1, 0.15) is 15.9 Å². The van der Waals surface area contributed by atoms with Crippen molar-refractivity contribution in [1.82, 2.24) is 0 Å². The summed E-state index contributed by atoms with van der Waals surface area (Å²) in [6.07, 6.45) is 0. The molecule has 5 nitrogen and oxygen atoms in total. The van der Waals surface area contributed by atoms with Gasteiger partial charge in [0.15, 0.2) is 12.4 Å². The van der Waals surface area contributed by atoms with Crippen molar-refractivity contribution in [2.24, 2.45) is 0 Å². The molecule has 0 aliphatic carbocycles. The molecule has 2 aromatic carbocycles. The number of rotatable bonds is 5. The van der Waals surface area contributed by atoms with Crippen molar-refractivity contribution < 1.29 is 18.8 Å². The fraction of sp³-hybridized carbons (Fsp3) is 0.133. The highest BCUT2D eigenvalue weighted by molar-refractivity contribution is 5.97. The second-order valence-electron chi connectivity index (χ2n) is 4.45. The van der Waals surface area contributed by atoms with Gasteiger partial charge < -0.3 is 4.74 Å². The molecule has 0 heterocycles. The second-order valence-corrected chi connectivity index (χ2v) is 4.45. The summed E-state index contributed by atoms with van der Waals surface area (Å²) in [5.74, 6) is -1.18. The first kappa shape index (κ1) is 14.6. The van der Waals surface area contributed by atoms with E-state index < -0.39 is 16.4 Å². The normalized spacial score (nSPS) is 10.2. The van der Waals surface area contributed by atoms with Gasteiger partial charge in [0.25, 0.3) is 0 Å². The Morgan fingerprint density at radius 1 is 1.29 bits per heavy atom. The third-order valence-corrected chi connectivity index (χ3v) is 2.83. The van der Waals surface area contributed by atoms with E-state index in [-0.39, 0.29) is 18.1 Å². The van der Waals surface area contributed by atoms with Crippen LogP contribution < -0.4 is 4.74 Å². The van der Waals surface area contributed by atoms with Gasteiger partial charge in [-0.3, -0.25) is 14.9 Å². The number of aryl methyl sites for hydroxylation is 1. The number of ether oxygens (including phenoxy) is 1. The zero-order valence-electron chi connectivity index (χ0n) is 11.2. The standard InChI is InChI=1S/C15H12FNO4/c1-10-3-2-4-11(7-10)15(18)9-21-12-5-6-14(17(19)20)13(16)8-12/h2-8H,9H2,1H3. The van der Waals surface area contributed by atoms with Crippen LogP contribution in [-0.2, 0) is 0 Å². The molecule has 0 radical (unpaired) electrons. The number of carbonyl (C=O) groups is 1. The van der Waals surface area contributed by atoms with E-state index in [0.29, 0.717) is 5.56 Å². The minimum atomic E-state index is -1.000. The molecule has 2 aromatic rings. The molecule has 0 amide bonds. The number of nitro groups is 1. The molecule has 21 heavy (non-hydrogen) atoms. The van der Waals surface area contributed by atoms with E-state index in [4.69, 9.17) is 4.74 Å². The first-order valence-electron chi connectivity index (χ1n) is 6.14. The number of halogens is 1. The minimum Gasteiger partial charge on any atom is -0.485 e. The number of carbonyl (C=O) groups excluding carboxylic acids is 1. The van der Waals surface area contributed by atoms with Gasteiger partial charge in [0.05, 0.1) is 4.92 Å². The van der Waals surface area contributed by atoms with Crippen molar-refractivity contribution in [1.29, 1.82) is 0 Å². The Balaban J connectivity index is 2.05. The summed E-state index contributed by atoms with van der Waals surface area (Å²) in [5, 5.41) is 10.5. The summed E-state index contributed by atoms with van der Waals surface area (Å²) in [6.45, 7) is 1.60. The Bertz CT molecular complexity index is 700. The summed E-state index contributed by atoms with van der Waals surface area (Å²) in [5.41, 5.74) is 0.812. The topological polar surface area (TPSA) is 69.4 Å². The zero-order chi connectivity index (χ0) is 15.4. The average Bonchev–Trinajstić information content (AvgIpc) is 2.44. The fourth-order valence-corrected chi connectivity index (χ4v) is 1.78. The maximum Gasteiger partial charge on any atom is 0.305 e. The molecule has 0 N–H and O–H groups in total. The van der Waals surface area contributed by atoms with E-state index in [1.54, 1.807) is 18.2 Å². The second kappa shape index (κ2) is 6.13. The van der Waals surface area contributed by atoms with Gasteiger partial charge >= 0.3 is 5.69 Å². The molecule has 0 aliphatic heterocycles. The van der Waals surface area contributed by atoms with E-state index in [0.717, 1.165) is 17.7 Å². The Hall–Kier alpha value is -2.76. The summed E-state index contributed by atoms with van der Waals surface area (Å²) >= 11 is 0. The summed E-state index contributed by atoms with van der Waals surface area (Å²) in [7, 11) is 0. The third kappa shape index (κ3) is 3.62. The van der Waals surface area contributed by atoms with Crippen LogP contribution in [0.25, 0.3) is 0 Å². The van der Waals surface area contributed by atoms with Crippen LogP contribution in [0.5, 0.6) is 5.75 Å². The van der Waals surface area contributed by atoms with Crippen molar-refractivity contribution in [2.75, 3.05) is 6.61 Å². The van der Waals surface area contributed by atoms with Gasteiger partial charge in [-0.1, -0.05) is 23.8 Å². The predicted octanol–water partition coefficient (Wildman–Crippen LogP) is 3.30. The molecule has 0 saturated heterocycles. The number of nitro benzene ring substituents is 1.